The normalized spacial score (nSPS) is 19.2. The number of carboxylic acids is 1. The lowest BCUT2D eigenvalue weighted by atomic mass is 9.76. The lowest BCUT2D eigenvalue weighted by Gasteiger charge is -2.49. The number of rotatable bonds is 4. The van der Waals surface area contributed by atoms with Gasteiger partial charge >= 0.3 is 5.97 Å². The number of ether oxygens (including phenoxy) is 1. The van der Waals surface area contributed by atoms with Gasteiger partial charge in [-0.3, -0.25) is 4.79 Å². The van der Waals surface area contributed by atoms with Gasteiger partial charge in [0.25, 0.3) is 5.91 Å². The number of likely N-dealkylation sites (tertiary alicyclic amines) is 1. The van der Waals surface area contributed by atoms with Crippen LogP contribution in [0.25, 0.3) is 0 Å². The fraction of sp³-hybridized carbons (Fsp3) is 0.556. The molecule has 1 heterocycles. The molecule has 1 aromatic carbocycles. The van der Waals surface area contributed by atoms with Crippen LogP contribution in [0.5, 0.6) is 5.75 Å². The minimum absolute atomic E-state index is 0.0384. The molecule has 1 aliphatic heterocycles. The van der Waals surface area contributed by atoms with Crippen LogP contribution in [-0.4, -0.2) is 40.6 Å². The molecule has 126 valence electrons. The van der Waals surface area contributed by atoms with Crippen molar-refractivity contribution in [1.82, 2.24) is 4.90 Å². The Hall–Kier alpha value is -2.04. The Bertz CT molecular complexity index is 607. The van der Waals surface area contributed by atoms with Crippen LogP contribution in [0.4, 0.5) is 0 Å². The zero-order valence-electron chi connectivity index (χ0n) is 14.3. The standard InChI is InChI=1S/C18H25NO4/c1-17(2)8-9-18(3,4)19(12-17)16(22)13-6-5-7-14(10-13)23-11-15(20)21/h5-7,10H,8-9,11-12H2,1-4H3,(H,20,21). The largest absolute Gasteiger partial charge is 0.482 e. The summed E-state index contributed by atoms with van der Waals surface area (Å²) in [5.41, 5.74) is 0.436. The number of nitrogens with zero attached hydrogens (tertiary/aromatic N) is 1. The Morgan fingerprint density at radius 3 is 2.57 bits per heavy atom. The molecular formula is C18H25NO4. The van der Waals surface area contributed by atoms with Gasteiger partial charge in [0.15, 0.2) is 6.61 Å². The van der Waals surface area contributed by atoms with Crippen molar-refractivity contribution >= 4 is 11.9 Å². The van der Waals surface area contributed by atoms with Gasteiger partial charge in [0.1, 0.15) is 5.75 Å². The molecule has 0 saturated carbocycles. The molecule has 5 nitrogen and oxygen atoms in total. The zero-order chi connectivity index (χ0) is 17.3. The van der Waals surface area contributed by atoms with E-state index in [0.717, 1.165) is 12.8 Å². The Kier molecular flexibility index (Phi) is 4.68. The minimum Gasteiger partial charge on any atom is -0.482 e. The van der Waals surface area contributed by atoms with Gasteiger partial charge in [-0.05, 0) is 50.3 Å². The molecule has 0 radical (unpaired) electrons. The lowest BCUT2D eigenvalue weighted by Crippen LogP contribution is -2.55. The molecule has 0 unspecified atom stereocenters. The smallest absolute Gasteiger partial charge is 0.341 e. The van der Waals surface area contributed by atoms with E-state index in [0.29, 0.717) is 17.9 Å². The van der Waals surface area contributed by atoms with Gasteiger partial charge in [0, 0.05) is 17.6 Å². The summed E-state index contributed by atoms with van der Waals surface area (Å²) in [4.78, 5) is 25.5. The summed E-state index contributed by atoms with van der Waals surface area (Å²) in [7, 11) is 0. The predicted molar refractivity (Wildman–Crippen MR) is 87.7 cm³/mol. The number of amides is 1. The average molecular weight is 319 g/mol. The number of carboxylic acid groups (broad SMARTS) is 1. The second-order valence-corrected chi connectivity index (χ2v) is 7.58. The van der Waals surface area contributed by atoms with Crippen molar-refractivity contribution in [1.29, 1.82) is 0 Å². The van der Waals surface area contributed by atoms with Crippen molar-refractivity contribution in [3.8, 4) is 5.75 Å². The van der Waals surface area contributed by atoms with Gasteiger partial charge in [-0.2, -0.15) is 0 Å². The second-order valence-electron chi connectivity index (χ2n) is 7.58. The molecule has 0 spiro atoms. The van der Waals surface area contributed by atoms with E-state index in [1.165, 1.54) is 0 Å². The highest BCUT2D eigenvalue weighted by molar-refractivity contribution is 5.95. The van der Waals surface area contributed by atoms with Crippen molar-refractivity contribution in [2.45, 2.75) is 46.1 Å². The molecule has 0 aliphatic carbocycles. The highest BCUT2D eigenvalue weighted by Gasteiger charge is 2.40. The predicted octanol–water partition coefficient (Wildman–Crippen LogP) is 3.19. The zero-order valence-corrected chi connectivity index (χ0v) is 14.3. The van der Waals surface area contributed by atoms with Crippen molar-refractivity contribution in [3.05, 3.63) is 29.8 Å². The quantitative estimate of drug-likeness (QED) is 0.925. The summed E-state index contributed by atoms with van der Waals surface area (Å²) in [6.45, 7) is 8.82. The highest BCUT2D eigenvalue weighted by Crippen LogP contribution is 2.38. The first kappa shape index (κ1) is 17.3. The molecule has 1 amide bonds. The number of carbonyl (C=O) groups is 2. The third-order valence-corrected chi connectivity index (χ3v) is 4.42. The van der Waals surface area contributed by atoms with Crippen LogP contribution in [-0.2, 0) is 4.79 Å². The average Bonchev–Trinajstić information content (AvgIpc) is 2.47. The van der Waals surface area contributed by atoms with E-state index < -0.39 is 12.6 Å². The van der Waals surface area contributed by atoms with Gasteiger partial charge in [0.2, 0.25) is 0 Å². The molecule has 1 aromatic rings. The summed E-state index contributed by atoms with van der Waals surface area (Å²) in [6.07, 6.45) is 2.05. The maximum Gasteiger partial charge on any atom is 0.341 e. The molecule has 1 fully saturated rings. The van der Waals surface area contributed by atoms with Crippen LogP contribution < -0.4 is 4.74 Å². The maximum absolute atomic E-state index is 12.9. The Labute approximate surface area is 137 Å². The second kappa shape index (κ2) is 6.22. The summed E-state index contributed by atoms with van der Waals surface area (Å²) in [5.74, 6) is -0.684. The van der Waals surface area contributed by atoms with E-state index >= 15 is 0 Å². The first-order valence-corrected chi connectivity index (χ1v) is 7.87. The SMILES string of the molecule is CC1(C)CCC(C)(C)N(C(=O)c2cccc(OCC(=O)O)c2)C1. The first-order valence-electron chi connectivity index (χ1n) is 7.87. The number of benzene rings is 1. The van der Waals surface area contributed by atoms with Crippen LogP contribution in [0.3, 0.4) is 0 Å². The third kappa shape index (κ3) is 4.24. The van der Waals surface area contributed by atoms with Gasteiger partial charge in [-0.15, -0.1) is 0 Å². The van der Waals surface area contributed by atoms with Crippen LogP contribution in [0.1, 0.15) is 50.9 Å². The topological polar surface area (TPSA) is 66.8 Å². The van der Waals surface area contributed by atoms with Crippen LogP contribution in [0.15, 0.2) is 24.3 Å². The molecular weight excluding hydrogens is 294 g/mol. The van der Waals surface area contributed by atoms with Crippen LogP contribution >= 0.6 is 0 Å². The van der Waals surface area contributed by atoms with Crippen LogP contribution in [0, 0.1) is 5.41 Å². The van der Waals surface area contributed by atoms with E-state index in [1.807, 2.05) is 4.90 Å². The monoisotopic (exact) mass is 319 g/mol. The summed E-state index contributed by atoms with van der Waals surface area (Å²) in [6, 6.07) is 6.73. The maximum atomic E-state index is 12.9. The van der Waals surface area contributed by atoms with Crippen molar-refractivity contribution in [3.63, 3.8) is 0 Å². The molecule has 0 atom stereocenters. The fourth-order valence-electron chi connectivity index (χ4n) is 2.87. The Morgan fingerprint density at radius 1 is 1.22 bits per heavy atom. The van der Waals surface area contributed by atoms with Gasteiger partial charge in [-0.1, -0.05) is 19.9 Å². The van der Waals surface area contributed by atoms with Crippen molar-refractivity contribution < 1.29 is 19.4 Å². The van der Waals surface area contributed by atoms with E-state index in [4.69, 9.17) is 9.84 Å². The number of carbonyl (C=O) groups excluding carboxylic acids is 1. The van der Waals surface area contributed by atoms with Crippen molar-refractivity contribution in [2.75, 3.05) is 13.2 Å². The molecule has 1 aliphatic rings. The molecule has 1 N–H and O–H groups in total. The minimum atomic E-state index is -1.04. The number of aliphatic carboxylic acids is 1. The molecule has 0 bridgehead atoms. The lowest BCUT2D eigenvalue weighted by molar-refractivity contribution is -0.139. The van der Waals surface area contributed by atoms with E-state index in [2.05, 4.69) is 27.7 Å². The molecule has 2 rings (SSSR count). The van der Waals surface area contributed by atoms with Gasteiger partial charge in [0.05, 0.1) is 0 Å². The third-order valence-electron chi connectivity index (χ3n) is 4.42. The van der Waals surface area contributed by atoms with Gasteiger partial charge in [-0.25, -0.2) is 4.79 Å². The molecule has 23 heavy (non-hydrogen) atoms. The van der Waals surface area contributed by atoms with E-state index in [1.54, 1.807) is 24.3 Å². The number of hydrogen-bond acceptors (Lipinski definition) is 3. The molecule has 1 saturated heterocycles. The fourth-order valence-corrected chi connectivity index (χ4v) is 2.87. The number of piperidine rings is 1. The Balaban J connectivity index is 2.21. The summed E-state index contributed by atoms with van der Waals surface area (Å²) >= 11 is 0. The first-order chi connectivity index (χ1) is 10.6. The molecule has 0 aromatic heterocycles. The highest BCUT2D eigenvalue weighted by atomic mass is 16.5. The van der Waals surface area contributed by atoms with E-state index in [-0.39, 0.29) is 16.9 Å². The van der Waals surface area contributed by atoms with Crippen molar-refractivity contribution in [2.24, 2.45) is 5.41 Å². The summed E-state index contributed by atoms with van der Waals surface area (Å²) in [5, 5.41) is 8.68. The van der Waals surface area contributed by atoms with E-state index in [9.17, 15) is 9.59 Å². The number of hydrogen-bond donors (Lipinski definition) is 1. The van der Waals surface area contributed by atoms with Gasteiger partial charge < -0.3 is 14.7 Å². The molecule has 5 heteroatoms. The van der Waals surface area contributed by atoms with Crippen LogP contribution in [0.2, 0.25) is 0 Å². The Morgan fingerprint density at radius 2 is 1.91 bits per heavy atom. The summed E-state index contributed by atoms with van der Waals surface area (Å²) < 4.78 is 5.17.